The van der Waals surface area contributed by atoms with Crippen LogP contribution < -0.4 is 10.9 Å². The Bertz CT molecular complexity index is 867. The van der Waals surface area contributed by atoms with E-state index in [-0.39, 0.29) is 6.04 Å². The highest BCUT2D eigenvalue weighted by Crippen LogP contribution is 2.29. The summed E-state index contributed by atoms with van der Waals surface area (Å²) in [5, 5.41) is 0. The predicted molar refractivity (Wildman–Crippen MR) is 112 cm³/mol. The number of hydrogen-bond donors (Lipinski definition) is 2. The van der Waals surface area contributed by atoms with Crippen molar-refractivity contribution in [3.63, 3.8) is 0 Å². The standard InChI is InChI=1S/C23H27N5/c1-17(22-12-13-24-16-25-22)28(2)15-21-14-26-27-23(21)20-10-8-19(9-11-20)18-6-4-3-5-7-18/h3-13,16-17,21,23,26-27H,14-15H2,1-2H3. The molecule has 1 aliphatic rings. The van der Waals surface area contributed by atoms with Crippen LogP contribution in [-0.4, -0.2) is 35.0 Å². The summed E-state index contributed by atoms with van der Waals surface area (Å²) in [6.07, 6.45) is 3.43. The van der Waals surface area contributed by atoms with Gasteiger partial charge in [-0.25, -0.2) is 15.4 Å². The van der Waals surface area contributed by atoms with Crippen LogP contribution in [0.5, 0.6) is 0 Å². The monoisotopic (exact) mass is 373 g/mol. The zero-order chi connectivity index (χ0) is 19.3. The summed E-state index contributed by atoms with van der Waals surface area (Å²) in [6.45, 7) is 4.13. The third-order valence-electron chi connectivity index (χ3n) is 5.69. The lowest BCUT2D eigenvalue weighted by Gasteiger charge is -2.29. The Morgan fingerprint density at radius 3 is 2.50 bits per heavy atom. The van der Waals surface area contributed by atoms with Crippen LogP contribution in [0.25, 0.3) is 11.1 Å². The highest BCUT2D eigenvalue weighted by Gasteiger charge is 2.30. The van der Waals surface area contributed by atoms with Gasteiger partial charge in [0.1, 0.15) is 6.33 Å². The summed E-state index contributed by atoms with van der Waals surface area (Å²) >= 11 is 0. The maximum Gasteiger partial charge on any atom is 0.115 e. The molecule has 2 N–H and O–H groups in total. The first-order valence-corrected chi connectivity index (χ1v) is 9.82. The zero-order valence-corrected chi connectivity index (χ0v) is 16.4. The Hall–Kier alpha value is -2.60. The van der Waals surface area contributed by atoms with Gasteiger partial charge >= 0.3 is 0 Å². The van der Waals surface area contributed by atoms with Gasteiger partial charge in [-0.2, -0.15) is 0 Å². The summed E-state index contributed by atoms with van der Waals surface area (Å²) in [5.74, 6) is 0.483. The fourth-order valence-corrected chi connectivity index (χ4v) is 3.88. The van der Waals surface area contributed by atoms with E-state index in [4.69, 9.17) is 0 Å². The molecule has 5 heteroatoms. The van der Waals surface area contributed by atoms with Gasteiger partial charge in [-0.3, -0.25) is 10.3 Å². The molecule has 0 radical (unpaired) electrons. The fraction of sp³-hybridized carbons (Fsp3) is 0.304. The van der Waals surface area contributed by atoms with Gasteiger partial charge in [0.15, 0.2) is 0 Å². The average Bonchev–Trinajstić information content (AvgIpc) is 3.22. The van der Waals surface area contributed by atoms with Gasteiger partial charge < -0.3 is 0 Å². The zero-order valence-electron chi connectivity index (χ0n) is 16.4. The number of benzene rings is 2. The molecule has 28 heavy (non-hydrogen) atoms. The lowest BCUT2D eigenvalue weighted by atomic mass is 9.92. The predicted octanol–water partition coefficient (Wildman–Crippen LogP) is 3.60. The average molecular weight is 374 g/mol. The second-order valence-electron chi connectivity index (χ2n) is 7.50. The van der Waals surface area contributed by atoms with Crippen molar-refractivity contribution in [1.29, 1.82) is 0 Å². The van der Waals surface area contributed by atoms with Crippen LogP contribution in [0, 0.1) is 5.92 Å². The summed E-state index contributed by atoms with van der Waals surface area (Å²) in [6, 6.07) is 22.0. The van der Waals surface area contributed by atoms with Gasteiger partial charge in [0.2, 0.25) is 0 Å². The third kappa shape index (κ3) is 4.12. The molecule has 1 aromatic heterocycles. The smallest absolute Gasteiger partial charge is 0.115 e. The van der Waals surface area contributed by atoms with Crippen molar-refractivity contribution >= 4 is 0 Å². The third-order valence-corrected chi connectivity index (χ3v) is 5.69. The highest BCUT2D eigenvalue weighted by molar-refractivity contribution is 5.63. The van der Waals surface area contributed by atoms with E-state index >= 15 is 0 Å². The van der Waals surface area contributed by atoms with Gasteiger partial charge in [0.05, 0.1) is 11.7 Å². The molecule has 0 saturated carbocycles. The van der Waals surface area contributed by atoms with Crippen molar-refractivity contribution in [2.75, 3.05) is 20.1 Å². The summed E-state index contributed by atoms with van der Waals surface area (Å²) in [7, 11) is 2.17. The second kappa shape index (κ2) is 8.61. The van der Waals surface area contributed by atoms with E-state index in [1.165, 1.54) is 16.7 Å². The minimum absolute atomic E-state index is 0.254. The topological polar surface area (TPSA) is 53.1 Å². The maximum atomic E-state index is 4.41. The molecule has 0 aliphatic carbocycles. The van der Waals surface area contributed by atoms with Crippen LogP contribution in [0.15, 0.2) is 73.2 Å². The first kappa shape index (κ1) is 18.7. The van der Waals surface area contributed by atoms with E-state index in [9.17, 15) is 0 Å². The Balaban J connectivity index is 1.45. The van der Waals surface area contributed by atoms with Crippen LogP contribution in [0.2, 0.25) is 0 Å². The second-order valence-corrected chi connectivity index (χ2v) is 7.50. The first-order valence-electron chi connectivity index (χ1n) is 9.82. The van der Waals surface area contributed by atoms with E-state index in [1.807, 2.05) is 12.3 Å². The van der Waals surface area contributed by atoms with E-state index in [1.54, 1.807) is 6.33 Å². The molecular weight excluding hydrogens is 346 g/mol. The van der Waals surface area contributed by atoms with E-state index < -0.39 is 0 Å². The van der Waals surface area contributed by atoms with Gasteiger partial charge in [-0.05, 0) is 36.7 Å². The first-order chi connectivity index (χ1) is 13.7. The molecule has 2 heterocycles. The molecule has 1 aliphatic heterocycles. The molecule has 4 rings (SSSR count). The van der Waals surface area contributed by atoms with Crippen molar-refractivity contribution in [2.24, 2.45) is 5.92 Å². The van der Waals surface area contributed by atoms with E-state index in [0.29, 0.717) is 12.0 Å². The molecular formula is C23H27N5. The van der Waals surface area contributed by atoms with Crippen molar-refractivity contribution in [3.8, 4) is 11.1 Å². The van der Waals surface area contributed by atoms with Crippen LogP contribution in [0.3, 0.4) is 0 Å². The molecule has 5 nitrogen and oxygen atoms in total. The lowest BCUT2D eigenvalue weighted by Crippen LogP contribution is -2.32. The summed E-state index contributed by atoms with van der Waals surface area (Å²) in [4.78, 5) is 10.8. The fourth-order valence-electron chi connectivity index (χ4n) is 3.88. The van der Waals surface area contributed by atoms with E-state index in [0.717, 1.165) is 18.8 Å². The molecule has 0 spiro atoms. The Morgan fingerprint density at radius 1 is 1.04 bits per heavy atom. The molecule has 2 aromatic carbocycles. The van der Waals surface area contributed by atoms with Gasteiger partial charge in [0.25, 0.3) is 0 Å². The number of aromatic nitrogens is 2. The minimum Gasteiger partial charge on any atom is -0.298 e. The molecule has 1 fully saturated rings. The van der Waals surface area contributed by atoms with Crippen molar-refractivity contribution in [1.82, 2.24) is 25.7 Å². The van der Waals surface area contributed by atoms with Gasteiger partial charge in [-0.1, -0.05) is 54.6 Å². The quantitative estimate of drug-likeness (QED) is 0.691. The van der Waals surface area contributed by atoms with Crippen LogP contribution >= 0.6 is 0 Å². The number of nitrogens with one attached hydrogen (secondary N) is 2. The SMILES string of the molecule is CC(c1ccncn1)N(C)CC1CNNC1c1ccc(-c2ccccc2)cc1. The van der Waals surface area contributed by atoms with Gasteiger partial charge in [0, 0.05) is 31.2 Å². The van der Waals surface area contributed by atoms with Crippen LogP contribution in [-0.2, 0) is 0 Å². The lowest BCUT2D eigenvalue weighted by molar-refractivity contribution is 0.212. The Labute approximate surface area is 166 Å². The molecule has 0 amide bonds. The molecule has 3 unspecified atom stereocenters. The van der Waals surface area contributed by atoms with Crippen LogP contribution in [0.1, 0.15) is 30.3 Å². The Morgan fingerprint density at radius 2 is 1.79 bits per heavy atom. The molecule has 3 atom stereocenters. The van der Waals surface area contributed by atoms with Crippen molar-refractivity contribution in [3.05, 3.63) is 84.4 Å². The number of hydrogen-bond acceptors (Lipinski definition) is 5. The van der Waals surface area contributed by atoms with Crippen molar-refractivity contribution in [2.45, 2.75) is 19.0 Å². The number of hydrazine groups is 1. The summed E-state index contributed by atoms with van der Waals surface area (Å²) in [5.41, 5.74) is 11.7. The largest absolute Gasteiger partial charge is 0.298 e. The normalized spacial score (nSPS) is 20.4. The van der Waals surface area contributed by atoms with Crippen molar-refractivity contribution < 1.29 is 0 Å². The Kier molecular flexibility index (Phi) is 5.76. The molecule has 144 valence electrons. The molecule has 1 saturated heterocycles. The van der Waals surface area contributed by atoms with E-state index in [2.05, 4.69) is 94.3 Å². The molecule has 3 aromatic rings. The summed E-state index contributed by atoms with van der Waals surface area (Å²) < 4.78 is 0. The minimum atomic E-state index is 0.254. The number of rotatable bonds is 6. The van der Waals surface area contributed by atoms with Gasteiger partial charge in [-0.15, -0.1) is 0 Å². The van der Waals surface area contributed by atoms with Crippen LogP contribution in [0.4, 0.5) is 0 Å². The molecule has 0 bridgehead atoms. The maximum absolute atomic E-state index is 4.41. The number of nitrogens with zero attached hydrogens (tertiary/aromatic N) is 3. The highest BCUT2D eigenvalue weighted by atomic mass is 15.4.